The molecule has 0 aliphatic carbocycles. The Hall–Kier alpha value is -2.43. The highest BCUT2D eigenvalue weighted by Gasteiger charge is 2.09. The summed E-state index contributed by atoms with van der Waals surface area (Å²) in [6.45, 7) is 3.57. The normalized spacial score (nSPS) is 10.5. The number of aromatic nitrogens is 1. The summed E-state index contributed by atoms with van der Waals surface area (Å²) in [5.41, 5.74) is 1.59. The van der Waals surface area contributed by atoms with Crippen LogP contribution in [0.4, 0.5) is 10.2 Å². The number of anilines is 1. The van der Waals surface area contributed by atoms with Gasteiger partial charge in [0.2, 0.25) is 0 Å². The second-order valence-corrected chi connectivity index (χ2v) is 5.81. The maximum atomic E-state index is 12.9. The second-order valence-electron chi connectivity index (χ2n) is 5.81. The van der Waals surface area contributed by atoms with Gasteiger partial charge < -0.3 is 10.2 Å². The SMILES string of the molecule is CCCCN(C)c1cc(C(=O)NCCc2ccc(F)cc2)ccn1. The van der Waals surface area contributed by atoms with Gasteiger partial charge in [-0.25, -0.2) is 9.37 Å². The highest BCUT2D eigenvalue weighted by atomic mass is 19.1. The topological polar surface area (TPSA) is 45.2 Å². The van der Waals surface area contributed by atoms with Crippen LogP contribution in [-0.2, 0) is 6.42 Å². The van der Waals surface area contributed by atoms with Crippen LogP contribution in [0.25, 0.3) is 0 Å². The third-order valence-electron chi connectivity index (χ3n) is 3.86. The number of pyridine rings is 1. The van der Waals surface area contributed by atoms with Gasteiger partial charge in [-0.05, 0) is 42.7 Å². The summed E-state index contributed by atoms with van der Waals surface area (Å²) in [4.78, 5) is 18.6. The fourth-order valence-corrected chi connectivity index (χ4v) is 2.35. The van der Waals surface area contributed by atoms with Crippen molar-refractivity contribution < 1.29 is 9.18 Å². The number of amides is 1. The van der Waals surface area contributed by atoms with Crippen molar-refractivity contribution in [2.45, 2.75) is 26.2 Å². The van der Waals surface area contributed by atoms with Crippen LogP contribution in [0.1, 0.15) is 35.7 Å². The Morgan fingerprint density at radius 1 is 1.25 bits per heavy atom. The maximum Gasteiger partial charge on any atom is 0.251 e. The molecule has 2 aromatic rings. The molecular weight excluding hydrogens is 305 g/mol. The molecule has 1 amide bonds. The summed E-state index contributed by atoms with van der Waals surface area (Å²) in [6.07, 6.45) is 4.53. The van der Waals surface area contributed by atoms with Crippen molar-refractivity contribution in [2.75, 3.05) is 25.0 Å². The number of nitrogens with one attached hydrogen (secondary N) is 1. The van der Waals surface area contributed by atoms with E-state index >= 15 is 0 Å². The van der Waals surface area contributed by atoms with E-state index in [0.29, 0.717) is 18.5 Å². The Morgan fingerprint density at radius 2 is 2.00 bits per heavy atom. The molecule has 0 atom stereocenters. The Balaban J connectivity index is 1.88. The highest BCUT2D eigenvalue weighted by molar-refractivity contribution is 5.94. The third kappa shape index (κ3) is 5.33. The number of carbonyl (C=O) groups is 1. The zero-order chi connectivity index (χ0) is 17.4. The Labute approximate surface area is 142 Å². The van der Waals surface area contributed by atoms with E-state index in [-0.39, 0.29) is 11.7 Å². The first kappa shape index (κ1) is 17.9. The smallest absolute Gasteiger partial charge is 0.251 e. The largest absolute Gasteiger partial charge is 0.360 e. The third-order valence-corrected chi connectivity index (χ3v) is 3.86. The molecule has 0 saturated carbocycles. The molecule has 0 aliphatic rings. The predicted molar refractivity (Wildman–Crippen MR) is 94.9 cm³/mol. The van der Waals surface area contributed by atoms with E-state index < -0.39 is 0 Å². The van der Waals surface area contributed by atoms with Crippen LogP contribution in [0.5, 0.6) is 0 Å². The van der Waals surface area contributed by atoms with E-state index in [0.717, 1.165) is 30.8 Å². The average Bonchev–Trinajstić information content (AvgIpc) is 2.61. The van der Waals surface area contributed by atoms with Crippen LogP contribution >= 0.6 is 0 Å². The molecule has 24 heavy (non-hydrogen) atoms. The number of carbonyl (C=O) groups excluding carboxylic acids is 1. The zero-order valence-electron chi connectivity index (χ0n) is 14.3. The second kappa shape index (κ2) is 9.01. The lowest BCUT2D eigenvalue weighted by molar-refractivity contribution is 0.0954. The molecule has 0 unspecified atom stereocenters. The van der Waals surface area contributed by atoms with Gasteiger partial charge in [-0.2, -0.15) is 0 Å². The van der Waals surface area contributed by atoms with Crippen LogP contribution in [0.3, 0.4) is 0 Å². The molecule has 2 rings (SSSR count). The van der Waals surface area contributed by atoms with Gasteiger partial charge in [-0.1, -0.05) is 25.5 Å². The van der Waals surface area contributed by atoms with Crippen molar-refractivity contribution in [3.8, 4) is 0 Å². The molecule has 0 fully saturated rings. The lowest BCUT2D eigenvalue weighted by atomic mass is 10.1. The highest BCUT2D eigenvalue weighted by Crippen LogP contribution is 2.12. The average molecular weight is 329 g/mol. The van der Waals surface area contributed by atoms with Gasteiger partial charge in [0.25, 0.3) is 5.91 Å². The maximum absolute atomic E-state index is 12.9. The molecule has 0 bridgehead atoms. The Kier molecular flexibility index (Phi) is 6.73. The number of rotatable bonds is 8. The molecule has 1 heterocycles. The van der Waals surface area contributed by atoms with Crippen LogP contribution in [0.15, 0.2) is 42.6 Å². The minimum absolute atomic E-state index is 0.121. The minimum Gasteiger partial charge on any atom is -0.360 e. The monoisotopic (exact) mass is 329 g/mol. The predicted octanol–water partition coefficient (Wildman–Crippen LogP) is 3.43. The molecule has 0 radical (unpaired) electrons. The van der Waals surface area contributed by atoms with Gasteiger partial charge in [-0.3, -0.25) is 4.79 Å². The molecule has 128 valence electrons. The quantitative estimate of drug-likeness (QED) is 0.807. The lowest BCUT2D eigenvalue weighted by Gasteiger charge is -2.18. The summed E-state index contributed by atoms with van der Waals surface area (Å²) in [5, 5.41) is 2.89. The zero-order valence-corrected chi connectivity index (χ0v) is 14.3. The van der Waals surface area contributed by atoms with Crippen molar-refractivity contribution >= 4 is 11.7 Å². The van der Waals surface area contributed by atoms with Gasteiger partial charge in [0.05, 0.1) is 0 Å². The van der Waals surface area contributed by atoms with Gasteiger partial charge in [0.15, 0.2) is 0 Å². The number of halogens is 1. The number of hydrogen-bond acceptors (Lipinski definition) is 3. The number of benzene rings is 1. The molecule has 5 heteroatoms. The van der Waals surface area contributed by atoms with Crippen molar-refractivity contribution in [1.29, 1.82) is 0 Å². The van der Waals surface area contributed by atoms with Gasteiger partial charge >= 0.3 is 0 Å². The van der Waals surface area contributed by atoms with E-state index in [2.05, 4.69) is 22.1 Å². The van der Waals surface area contributed by atoms with E-state index in [4.69, 9.17) is 0 Å². The van der Waals surface area contributed by atoms with Gasteiger partial charge in [0, 0.05) is 31.9 Å². The standard InChI is InChI=1S/C19H24FN3O/c1-3-4-13-23(2)18-14-16(10-12-21-18)19(24)22-11-9-15-5-7-17(20)8-6-15/h5-8,10,12,14H,3-4,9,11,13H2,1-2H3,(H,22,24). The minimum atomic E-state index is -0.251. The molecule has 0 spiro atoms. The summed E-state index contributed by atoms with van der Waals surface area (Å²) >= 11 is 0. The number of unbranched alkanes of at least 4 members (excludes halogenated alkanes) is 1. The molecule has 1 N–H and O–H groups in total. The molecule has 0 saturated heterocycles. The molecule has 1 aromatic heterocycles. The van der Waals surface area contributed by atoms with Gasteiger partial charge in [0.1, 0.15) is 11.6 Å². The first-order chi connectivity index (χ1) is 11.6. The van der Waals surface area contributed by atoms with Crippen LogP contribution in [0, 0.1) is 5.82 Å². The number of nitrogens with zero attached hydrogens (tertiary/aromatic N) is 2. The van der Waals surface area contributed by atoms with Crippen LogP contribution < -0.4 is 10.2 Å². The number of hydrogen-bond donors (Lipinski definition) is 1. The van der Waals surface area contributed by atoms with Crippen LogP contribution in [0.2, 0.25) is 0 Å². The summed E-state index contributed by atoms with van der Waals surface area (Å²) < 4.78 is 12.9. The van der Waals surface area contributed by atoms with E-state index in [9.17, 15) is 9.18 Å². The van der Waals surface area contributed by atoms with E-state index in [1.807, 2.05) is 13.1 Å². The molecule has 1 aromatic carbocycles. The fourth-order valence-electron chi connectivity index (χ4n) is 2.35. The summed E-state index contributed by atoms with van der Waals surface area (Å²) in [7, 11) is 1.98. The van der Waals surface area contributed by atoms with Crippen molar-refractivity contribution in [1.82, 2.24) is 10.3 Å². The van der Waals surface area contributed by atoms with Crippen LogP contribution in [-0.4, -0.2) is 31.0 Å². The molecular formula is C19H24FN3O. The molecule has 4 nitrogen and oxygen atoms in total. The van der Waals surface area contributed by atoms with Crippen molar-refractivity contribution in [3.05, 3.63) is 59.5 Å². The van der Waals surface area contributed by atoms with E-state index in [1.54, 1.807) is 24.4 Å². The molecule has 0 aliphatic heterocycles. The summed E-state index contributed by atoms with van der Waals surface area (Å²) in [6, 6.07) is 9.84. The van der Waals surface area contributed by atoms with Crippen molar-refractivity contribution in [2.24, 2.45) is 0 Å². The van der Waals surface area contributed by atoms with Gasteiger partial charge in [-0.15, -0.1) is 0 Å². The van der Waals surface area contributed by atoms with Crippen molar-refractivity contribution in [3.63, 3.8) is 0 Å². The lowest BCUT2D eigenvalue weighted by Crippen LogP contribution is -2.26. The Bertz CT molecular complexity index is 658. The Morgan fingerprint density at radius 3 is 2.71 bits per heavy atom. The first-order valence-electron chi connectivity index (χ1n) is 8.30. The summed E-state index contributed by atoms with van der Waals surface area (Å²) in [5.74, 6) is 0.429. The fraction of sp³-hybridized carbons (Fsp3) is 0.368. The van der Waals surface area contributed by atoms with E-state index in [1.165, 1.54) is 12.1 Å². The first-order valence-corrected chi connectivity index (χ1v) is 8.30.